The largest absolute Gasteiger partial charge is 0.381 e. The zero-order valence-corrected chi connectivity index (χ0v) is 18.4. The number of hydrogen-bond donors (Lipinski definition) is 1. The summed E-state index contributed by atoms with van der Waals surface area (Å²) in [5.41, 5.74) is 4.60. The molecule has 0 radical (unpaired) electrons. The van der Waals surface area contributed by atoms with Gasteiger partial charge in [0.05, 0.1) is 5.92 Å². The van der Waals surface area contributed by atoms with Crippen LogP contribution in [-0.2, 0) is 26.3 Å². The number of ether oxygens (including phenoxy) is 1. The number of carbonyl (C=O) groups excluding carboxylic acids is 2. The lowest BCUT2D eigenvalue weighted by atomic mass is 9.73. The average molecular weight is 422 g/mol. The third-order valence-corrected chi connectivity index (χ3v) is 6.57. The van der Waals surface area contributed by atoms with E-state index >= 15 is 0 Å². The van der Waals surface area contributed by atoms with E-state index in [9.17, 15) is 9.59 Å². The van der Waals surface area contributed by atoms with Gasteiger partial charge in [-0.25, -0.2) is 0 Å². The second kappa shape index (κ2) is 9.18. The maximum absolute atomic E-state index is 13.0. The maximum atomic E-state index is 13.0. The van der Waals surface area contributed by atoms with Crippen LogP contribution in [0.25, 0.3) is 0 Å². The van der Waals surface area contributed by atoms with E-state index in [0.717, 1.165) is 18.4 Å². The smallest absolute Gasteiger partial charge is 0.225 e. The number of aromatic nitrogens is 1. The number of carbonyl (C=O) groups is 2. The molecule has 164 valence electrons. The highest BCUT2D eigenvalue weighted by Gasteiger charge is 2.38. The first-order valence-corrected chi connectivity index (χ1v) is 11.1. The van der Waals surface area contributed by atoms with E-state index in [1.165, 1.54) is 16.7 Å². The van der Waals surface area contributed by atoms with E-state index < -0.39 is 0 Å². The first kappa shape index (κ1) is 21.5. The molecule has 0 bridgehead atoms. The van der Waals surface area contributed by atoms with Crippen molar-refractivity contribution in [1.29, 1.82) is 0 Å². The highest BCUT2D eigenvalue weighted by Crippen LogP contribution is 2.35. The van der Waals surface area contributed by atoms with E-state index in [4.69, 9.17) is 4.74 Å². The van der Waals surface area contributed by atoms with Crippen molar-refractivity contribution >= 4 is 11.8 Å². The monoisotopic (exact) mass is 421 g/mol. The van der Waals surface area contributed by atoms with Gasteiger partial charge in [0.15, 0.2) is 0 Å². The number of nitrogens with one attached hydrogen (secondary N) is 1. The summed E-state index contributed by atoms with van der Waals surface area (Å²) in [7, 11) is 0. The first-order valence-electron chi connectivity index (χ1n) is 11.1. The molecule has 0 unspecified atom stereocenters. The van der Waals surface area contributed by atoms with Gasteiger partial charge in [-0.15, -0.1) is 0 Å². The Hall–Kier alpha value is -2.73. The molecule has 0 spiro atoms. The van der Waals surface area contributed by atoms with Crippen molar-refractivity contribution < 1.29 is 14.3 Å². The topological polar surface area (TPSA) is 71.5 Å². The first-order chi connectivity index (χ1) is 14.9. The fourth-order valence-corrected chi connectivity index (χ4v) is 4.82. The molecule has 3 heterocycles. The van der Waals surface area contributed by atoms with Crippen LogP contribution >= 0.6 is 0 Å². The molecule has 2 saturated heterocycles. The molecule has 6 nitrogen and oxygen atoms in total. The van der Waals surface area contributed by atoms with Crippen molar-refractivity contribution in [2.75, 3.05) is 26.3 Å². The molecular formula is C25H31N3O3. The van der Waals surface area contributed by atoms with Crippen molar-refractivity contribution in [2.24, 2.45) is 5.92 Å². The third kappa shape index (κ3) is 4.96. The van der Waals surface area contributed by atoms with Gasteiger partial charge in [-0.1, -0.05) is 35.4 Å². The van der Waals surface area contributed by atoms with E-state index in [-0.39, 0.29) is 29.6 Å². The number of amides is 2. The van der Waals surface area contributed by atoms with Crippen LogP contribution in [0.15, 0.2) is 42.7 Å². The zero-order valence-electron chi connectivity index (χ0n) is 18.4. The molecule has 0 saturated carbocycles. The Kier molecular flexibility index (Phi) is 6.37. The highest BCUT2D eigenvalue weighted by atomic mass is 16.5. The number of hydrogen-bond acceptors (Lipinski definition) is 4. The fraction of sp³-hybridized carbons (Fsp3) is 0.480. The van der Waals surface area contributed by atoms with Crippen LogP contribution in [0, 0.1) is 19.8 Å². The minimum absolute atomic E-state index is 0.0269. The molecule has 1 N–H and O–H groups in total. The van der Waals surface area contributed by atoms with E-state index in [1.54, 1.807) is 17.3 Å². The van der Waals surface area contributed by atoms with Crippen LogP contribution in [0.5, 0.6) is 0 Å². The van der Waals surface area contributed by atoms with Crippen LogP contribution in [0.3, 0.4) is 0 Å². The SMILES string of the molecule is Cc1cc(C)cc(C2(CNC(=O)[C@@H]3CC(=O)N(Cc4cccnc4)C3)CCOCC2)c1. The zero-order chi connectivity index (χ0) is 21.8. The second-order valence-corrected chi connectivity index (χ2v) is 9.02. The van der Waals surface area contributed by atoms with Crippen molar-refractivity contribution in [3.8, 4) is 0 Å². The van der Waals surface area contributed by atoms with Gasteiger partial charge in [0, 0.05) is 57.1 Å². The molecule has 6 heteroatoms. The van der Waals surface area contributed by atoms with Gasteiger partial charge in [-0.05, 0) is 43.9 Å². The van der Waals surface area contributed by atoms with Crippen LogP contribution in [0.1, 0.15) is 41.5 Å². The molecule has 4 rings (SSSR count). The lowest BCUT2D eigenvalue weighted by Gasteiger charge is -2.38. The Labute approximate surface area is 184 Å². The number of benzene rings is 1. The van der Waals surface area contributed by atoms with Gasteiger partial charge < -0.3 is 15.0 Å². The molecule has 2 fully saturated rings. The van der Waals surface area contributed by atoms with E-state index in [2.05, 4.69) is 42.3 Å². The summed E-state index contributed by atoms with van der Waals surface area (Å²) < 4.78 is 5.63. The third-order valence-electron chi connectivity index (χ3n) is 6.57. The fourth-order valence-electron chi connectivity index (χ4n) is 4.82. The predicted octanol–water partition coefficient (Wildman–Crippen LogP) is 2.91. The molecular weight excluding hydrogens is 390 g/mol. The number of aryl methyl sites for hydroxylation is 2. The van der Waals surface area contributed by atoms with Crippen LogP contribution < -0.4 is 5.32 Å². The van der Waals surface area contributed by atoms with Crippen LogP contribution in [0.2, 0.25) is 0 Å². The van der Waals surface area contributed by atoms with Crippen molar-refractivity contribution in [3.63, 3.8) is 0 Å². The normalized spacial score (nSPS) is 20.6. The van der Waals surface area contributed by atoms with Gasteiger partial charge >= 0.3 is 0 Å². The lowest BCUT2D eigenvalue weighted by molar-refractivity contribution is -0.129. The minimum atomic E-state index is -0.305. The molecule has 1 atom stereocenters. The Morgan fingerprint density at radius 2 is 1.97 bits per heavy atom. The minimum Gasteiger partial charge on any atom is -0.381 e. The Balaban J connectivity index is 1.42. The second-order valence-electron chi connectivity index (χ2n) is 9.02. The van der Waals surface area contributed by atoms with E-state index in [0.29, 0.717) is 32.8 Å². The molecule has 2 aromatic rings. The summed E-state index contributed by atoms with van der Waals surface area (Å²) in [6.45, 7) is 7.16. The van der Waals surface area contributed by atoms with Gasteiger partial charge in [-0.3, -0.25) is 14.6 Å². The molecule has 1 aromatic heterocycles. The molecule has 2 amide bonds. The van der Waals surface area contributed by atoms with Gasteiger partial charge in [0.1, 0.15) is 0 Å². The summed E-state index contributed by atoms with van der Waals surface area (Å²) in [5.74, 6) is -0.309. The summed E-state index contributed by atoms with van der Waals surface area (Å²) in [6.07, 6.45) is 5.51. The van der Waals surface area contributed by atoms with Crippen LogP contribution in [-0.4, -0.2) is 48.0 Å². The van der Waals surface area contributed by atoms with E-state index in [1.807, 2.05) is 12.1 Å². The highest BCUT2D eigenvalue weighted by molar-refractivity contribution is 5.89. The predicted molar refractivity (Wildman–Crippen MR) is 118 cm³/mol. The number of pyridine rings is 1. The van der Waals surface area contributed by atoms with Gasteiger partial charge in [0.25, 0.3) is 0 Å². The Bertz CT molecular complexity index is 918. The molecule has 2 aliphatic rings. The lowest BCUT2D eigenvalue weighted by Crippen LogP contribution is -2.46. The maximum Gasteiger partial charge on any atom is 0.225 e. The number of rotatable bonds is 6. The molecule has 31 heavy (non-hydrogen) atoms. The number of likely N-dealkylation sites (tertiary alicyclic amines) is 1. The van der Waals surface area contributed by atoms with Crippen LogP contribution in [0.4, 0.5) is 0 Å². The summed E-state index contributed by atoms with van der Waals surface area (Å²) in [6, 6.07) is 10.5. The van der Waals surface area contributed by atoms with Crippen molar-refractivity contribution in [1.82, 2.24) is 15.2 Å². The Morgan fingerprint density at radius 3 is 2.65 bits per heavy atom. The average Bonchev–Trinajstić information content (AvgIpc) is 3.13. The summed E-state index contributed by atoms with van der Waals surface area (Å²) in [5, 5.41) is 3.19. The van der Waals surface area contributed by atoms with Gasteiger partial charge in [0.2, 0.25) is 11.8 Å². The van der Waals surface area contributed by atoms with Crippen molar-refractivity contribution in [2.45, 2.75) is 45.1 Å². The molecule has 0 aliphatic carbocycles. The van der Waals surface area contributed by atoms with Crippen molar-refractivity contribution in [3.05, 3.63) is 65.0 Å². The number of nitrogens with zero attached hydrogens (tertiary/aromatic N) is 2. The standard InChI is InChI=1S/C25H31N3O3/c1-18-10-19(2)12-22(11-18)25(5-8-31-9-6-25)17-27-24(30)21-13-23(29)28(16-21)15-20-4-3-7-26-14-20/h3-4,7,10-12,14,21H,5-6,8-9,13,15-17H2,1-2H3,(H,27,30)/t21-/m1/s1. The molecule has 1 aromatic carbocycles. The summed E-state index contributed by atoms with van der Waals surface area (Å²) in [4.78, 5) is 31.3. The molecule has 2 aliphatic heterocycles. The quantitative estimate of drug-likeness (QED) is 0.779. The van der Waals surface area contributed by atoms with Gasteiger partial charge in [-0.2, -0.15) is 0 Å². The Morgan fingerprint density at radius 1 is 1.23 bits per heavy atom. The summed E-state index contributed by atoms with van der Waals surface area (Å²) >= 11 is 0.